The second-order valence-electron chi connectivity index (χ2n) is 6.75. The van der Waals surface area contributed by atoms with Crippen LogP contribution in [0.2, 0.25) is 0 Å². The minimum Gasteiger partial charge on any atom is -0.497 e. The molecule has 1 N–H and O–H groups in total. The van der Waals surface area contributed by atoms with Crippen molar-refractivity contribution in [2.75, 3.05) is 14.2 Å². The van der Waals surface area contributed by atoms with Crippen LogP contribution in [0, 0.1) is 13.8 Å². The fourth-order valence-corrected chi connectivity index (χ4v) is 2.87. The zero-order valence-electron chi connectivity index (χ0n) is 16.8. The molecule has 8 heteroatoms. The van der Waals surface area contributed by atoms with E-state index in [1.165, 1.54) is 0 Å². The number of aryl methyl sites for hydroxylation is 2. The van der Waals surface area contributed by atoms with Gasteiger partial charge in [0.05, 0.1) is 37.3 Å². The molecule has 2 aromatic heterocycles. The second-order valence-corrected chi connectivity index (χ2v) is 6.75. The first kappa shape index (κ1) is 19.5. The van der Waals surface area contributed by atoms with Gasteiger partial charge in [-0.15, -0.1) is 0 Å². The number of carbonyl (C=O) groups excluding carboxylic acids is 1. The summed E-state index contributed by atoms with van der Waals surface area (Å²) in [4.78, 5) is 14.2. The first-order valence-corrected chi connectivity index (χ1v) is 9.01. The number of rotatable bonds is 6. The fraction of sp³-hybridized carbons (Fsp3) is 0.350. The molecule has 8 nitrogen and oxygen atoms in total. The highest BCUT2D eigenvalue weighted by atomic mass is 16.5. The lowest BCUT2D eigenvalue weighted by molar-refractivity contribution is 0.203. The number of aromatic nitrogens is 3. The topological polar surface area (TPSA) is 85.4 Å². The largest absolute Gasteiger partial charge is 0.497 e. The molecule has 0 aliphatic rings. The van der Waals surface area contributed by atoms with Crippen LogP contribution < -0.4 is 10.1 Å². The van der Waals surface area contributed by atoms with E-state index in [0.29, 0.717) is 6.54 Å². The van der Waals surface area contributed by atoms with Crippen molar-refractivity contribution in [1.82, 2.24) is 25.2 Å². The van der Waals surface area contributed by atoms with Gasteiger partial charge in [0.25, 0.3) is 0 Å². The number of nitrogens with zero attached hydrogens (tertiary/aromatic N) is 4. The van der Waals surface area contributed by atoms with Crippen LogP contribution in [0.15, 0.2) is 41.2 Å². The molecule has 0 aliphatic carbocycles. The monoisotopic (exact) mass is 383 g/mol. The van der Waals surface area contributed by atoms with Crippen molar-refractivity contribution < 1.29 is 14.1 Å². The van der Waals surface area contributed by atoms with E-state index in [1.807, 2.05) is 51.2 Å². The summed E-state index contributed by atoms with van der Waals surface area (Å²) in [5.74, 6) is 1.49. The molecule has 2 amide bonds. The standard InChI is InChI=1S/C20H25N5O3/c1-13(22-20(26)24(4)12-19-14(2)23-28-15(19)3)16-10-21-25(11-16)17-7-6-8-18(9-17)27-5/h6-11,13H,12H2,1-5H3,(H,22,26)/t13-/m0/s1. The van der Waals surface area contributed by atoms with Crippen molar-refractivity contribution in [3.8, 4) is 11.4 Å². The number of benzene rings is 1. The first-order valence-electron chi connectivity index (χ1n) is 9.01. The van der Waals surface area contributed by atoms with Gasteiger partial charge in [0.2, 0.25) is 0 Å². The molecular weight excluding hydrogens is 358 g/mol. The van der Waals surface area contributed by atoms with Crippen LogP contribution in [-0.2, 0) is 6.54 Å². The van der Waals surface area contributed by atoms with Gasteiger partial charge in [0, 0.05) is 30.4 Å². The number of hydrogen-bond donors (Lipinski definition) is 1. The van der Waals surface area contributed by atoms with E-state index in [2.05, 4.69) is 15.6 Å². The summed E-state index contributed by atoms with van der Waals surface area (Å²) >= 11 is 0. The Balaban J connectivity index is 1.65. The Hall–Kier alpha value is -3.29. The second kappa shape index (κ2) is 8.16. The van der Waals surface area contributed by atoms with Gasteiger partial charge in [0.1, 0.15) is 11.5 Å². The van der Waals surface area contributed by atoms with Crippen LogP contribution in [0.25, 0.3) is 5.69 Å². The van der Waals surface area contributed by atoms with Crippen LogP contribution in [0.3, 0.4) is 0 Å². The minimum absolute atomic E-state index is 0.179. The zero-order chi connectivity index (χ0) is 20.3. The lowest BCUT2D eigenvalue weighted by Crippen LogP contribution is -2.38. The molecule has 2 heterocycles. The Morgan fingerprint density at radius 2 is 2.18 bits per heavy atom. The predicted octanol–water partition coefficient (Wildman–Crippen LogP) is 3.39. The van der Waals surface area contributed by atoms with Crippen LogP contribution in [0.4, 0.5) is 4.79 Å². The number of carbonyl (C=O) groups is 1. The molecule has 0 saturated carbocycles. The van der Waals surface area contributed by atoms with E-state index in [4.69, 9.17) is 9.26 Å². The highest BCUT2D eigenvalue weighted by molar-refractivity contribution is 5.74. The third-order valence-corrected chi connectivity index (χ3v) is 4.68. The summed E-state index contributed by atoms with van der Waals surface area (Å²) in [5.41, 5.74) is 3.52. The summed E-state index contributed by atoms with van der Waals surface area (Å²) in [6.07, 6.45) is 3.65. The summed E-state index contributed by atoms with van der Waals surface area (Å²) in [5, 5.41) is 11.3. The molecule has 0 bridgehead atoms. The van der Waals surface area contributed by atoms with Crippen LogP contribution >= 0.6 is 0 Å². The van der Waals surface area contributed by atoms with Crippen molar-refractivity contribution in [3.05, 3.63) is 59.2 Å². The van der Waals surface area contributed by atoms with E-state index in [1.54, 1.807) is 29.9 Å². The predicted molar refractivity (Wildman–Crippen MR) is 105 cm³/mol. The first-order chi connectivity index (χ1) is 13.4. The maximum absolute atomic E-state index is 12.6. The van der Waals surface area contributed by atoms with Crippen LogP contribution in [0.5, 0.6) is 5.75 Å². The van der Waals surface area contributed by atoms with Crippen LogP contribution in [-0.4, -0.2) is 40.0 Å². The molecule has 28 heavy (non-hydrogen) atoms. The van der Waals surface area contributed by atoms with Crippen molar-refractivity contribution >= 4 is 6.03 Å². The van der Waals surface area contributed by atoms with Crippen LogP contribution in [0.1, 0.15) is 35.5 Å². The SMILES string of the molecule is COc1cccc(-n2cc([C@H](C)NC(=O)N(C)Cc3c(C)noc3C)cn2)c1. The van der Waals surface area contributed by atoms with E-state index in [0.717, 1.165) is 34.0 Å². The molecule has 0 spiro atoms. The number of hydrogen-bond acceptors (Lipinski definition) is 5. The fourth-order valence-electron chi connectivity index (χ4n) is 2.87. The normalized spacial score (nSPS) is 11.9. The van der Waals surface area contributed by atoms with E-state index >= 15 is 0 Å². The van der Waals surface area contributed by atoms with Gasteiger partial charge in [0.15, 0.2) is 0 Å². The molecule has 0 fully saturated rings. The average molecular weight is 383 g/mol. The Bertz CT molecular complexity index is 943. The molecule has 3 aromatic rings. The maximum Gasteiger partial charge on any atom is 0.317 e. The molecule has 0 radical (unpaired) electrons. The number of ether oxygens (including phenoxy) is 1. The molecular formula is C20H25N5O3. The Kier molecular flexibility index (Phi) is 5.67. The minimum atomic E-state index is -0.195. The molecule has 0 unspecified atom stereocenters. The summed E-state index contributed by atoms with van der Waals surface area (Å²) in [6.45, 7) is 6.07. The molecule has 0 saturated heterocycles. The maximum atomic E-state index is 12.6. The highest BCUT2D eigenvalue weighted by Gasteiger charge is 2.18. The summed E-state index contributed by atoms with van der Waals surface area (Å²) < 4.78 is 12.2. The summed E-state index contributed by atoms with van der Waals surface area (Å²) in [6, 6.07) is 7.26. The highest BCUT2D eigenvalue weighted by Crippen LogP contribution is 2.19. The average Bonchev–Trinajstić information content (AvgIpc) is 3.30. The Labute approximate surface area is 164 Å². The van der Waals surface area contributed by atoms with Gasteiger partial charge in [-0.25, -0.2) is 9.48 Å². The molecule has 148 valence electrons. The van der Waals surface area contributed by atoms with Crippen molar-refractivity contribution in [1.29, 1.82) is 0 Å². The Morgan fingerprint density at radius 3 is 2.86 bits per heavy atom. The van der Waals surface area contributed by atoms with Gasteiger partial charge >= 0.3 is 6.03 Å². The number of nitrogens with one attached hydrogen (secondary N) is 1. The lowest BCUT2D eigenvalue weighted by Gasteiger charge is -2.20. The Morgan fingerprint density at radius 1 is 1.39 bits per heavy atom. The van der Waals surface area contributed by atoms with E-state index < -0.39 is 0 Å². The number of urea groups is 1. The third kappa shape index (κ3) is 4.16. The van der Waals surface area contributed by atoms with Gasteiger partial charge in [-0.2, -0.15) is 5.10 Å². The molecule has 0 aliphatic heterocycles. The van der Waals surface area contributed by atoms with Crippen molar-refractivity contribution in [3.63, 3.8) is 0 Å². The van der Waals surface area contributed by atoms with Gasteiger partial charge in [-0.05, 0) is 32.9 Å². The summed E-state index contributed by atoms with van der Waals surface area (Å²) in [7, 11) is 3.37. The quantitative estimate of drug-likeness (QED) is 0.705. The van der Waals surface area contributed by atoms with Gasteiger partial charge in [-0.1, -0.05) is 11.2 Å². The van der Waals surface area contributed by atoms with E-state index in [-0.39, 0.29) is 12.1 Å². The number of methoxy groups -OCH3 is 1. The molecule has 1 aromatic carbocycles. The lowest BCUT2D eigenvalue weighted by atomic mass is 10.2. The zero-order valence-corrected chi connectivity index (χ0v) is 16.8. The smallest absolute Gasteiger partial charge is 0.317 e. The van der Waals surface area contributed by atoms with Gasteiger partial charge < -0.3 is 19.5 Å². The third-order valence-electron chi connectivity index (χ3n) is 4.68. The van der Waals surface area contributed by atoms with Crippen molar-refractivity contribution in [2.24, 2.45) is 0 Å². The van der Waals surface area contributed by atoms with Crippen molar-refractivity contribution in [2.45, 2.75) is 33.4 Å². The molecule has 1 atom stereocenters. The molecule has 3 rings (SSSR count). The van der Waals surface area contributed by atoms with E-state index in [9.17, 15) is 4.79 Å². The van der Waals surface area contributed by atoms with Gasteiger partial charge in [-0.3, -0.25) is 0 Å². The number of amides is 2.